The molecule has 1 aromatic carbocycles. The molecule has 0 spiro atoms. The van der Waals surface area contributed by atoms with E-state index in [0.29, 0.717) is 64.4 Å². The summed E-state index contributed by atoms with van der Waals surface area (Å²) in [5.41, 5.74) is 0.862. The first-order chi connectivity index (χ1) is 16.5. The average Bonchev–Trinajstić information content (AvgIpc) is 3.09. The van der Waals surface area contributed by atoms with Crippen molar-refractivity contribution in [2.75, 3.05) is 64.8 Å². The maximum atomic E-state index is 12.0. The molecule has 2 N–H and O–H groups in total. The molecule has 12 heteroatoms. The summed E-state index contributed by atoms with van der Waals surface area (Å²) in [4.78, 5) is 37.2. The van der Waals surface area contributed by atoms with Crippen molar-refractivity contribution < 1.29 is 38.1 Å². The quantitative estimate of drug-likeness (QED) is 0.253. The van der Waals surface area contributed by atoms with Gasteiger partial charge in [0, 0.05) is 0 Å². The Morgan fingerprint density at radius 3 is 1.91 bits per heavy atom. The van der Waals surface area contributed by atoms with Crippen molar-refractivity contribution in [2.24, 2.45) is 0 Å². The van der Waals surface area contributed by atoms with Crippen LogP contribution in [-0.4, -0.2) is 98.7 Å². The summed E-state index contributed by atoms with van der Waals surface area (Å²) in [6, 6.07) is 3.10. The third-order valence-electron chi connectivity index (χ3n) is 4.98. The van der Waals surface area contributed by atoms with Crippen LogP contribution in [0.5, 0.6) is 11.5 Å². The van der Waals surface area contributed by atoms with Gasteiger partial charge in [-0.15, -0.1) is 0 Å². The van der Waals surface area contributed by atoms with Crippen LogP contribution >= 0.6 is 0 Å². The van der Waals surface area contributed by atoms with Gasteiger partial charge >= 0.3 is 207 Å². The SMILES string of the molecule is CN1/C(=C\C=C2C(=O)NC(=O)NC2=O)[Te]c2cc3c(cc21)OCCOCCOCCOCCO3. The van der Waals surface area contributed by atoms with E-state index in [9.17, 15) is 14.4 Å². The van der Waals surface area contributed by atoms with Gasteiger partial charge in [0.05, 0.1) is 0 Å². The number of amides is 4. The van der Waals surface area contributed by atoms with E-state index < -0.39 is 38.8 Å². The Morgan fingerprint density at radius 2 is 1.32 bits per heavy atom. The molecular formula is C22H25N3O8Te. The number of rotatable bonds is 1. The number of hydrogen-bond acceptors (Lipinski definition) is 9. The Bertz CT molecular complexity index is 1000. The molecule has 3 aliphatic rings. The number of hydrogen-bond donors (Lipinski definition) is 2. The van der Waals surface area contributed by atoms with E-state index >= 15 is 0 Å². The van der Waals surface area contributed by atoms with E-state index in [1.54, 1.807) is 6.08 Å². The maximum absolute atomic E-state index is 12.0. The molecule has 0 saturated carbocycles. The van der Waals surface area contributed by atoms with Gasteiger partial charge in [-0.05, 0) is 0 Å². The van der Waals surface area contributed by atoms with Gasteiger partial charge in [0.1, 0.15) is 0 Å². The third kappa shape index (κ3) is 6.08. The van der Waals surface area contributed by atoms with Crippen molar-refractivity contribution >= 4 is 48.1 Å². The van der Waals surface area contributed by atoms with E-state index in [0.717, 1.165) is 13.0 Å². The molecule has 1 aromatic rings. The Labute approximate surface area is 206 Å². The van der Waals surface area contributed by atoms with Crippen molar-refractivity contribution in [1.29, 1.82) is 0 Å². The second-order valence-corrected chi connectivity index (χ2v) is 10.3. The number of nitrogens with zero attached hydrogens (tertiary/aromatic N) is 1. The van der Waals surface area contributed by atoms with Crippen LogP contribution in [0.2, 0.25) is 0 Å². The zero-order chi connectivity index (χ0) is 23.9. The van der Waals surface area contributed by atoms with Crippen LogP contribution < -0.4 is 28.6 Å². The Balaban J connectivity index is 1.52. The fourth-order valence-electron chi connectivity index (χ4n) is 3.29. The van der Waals surface area contributed by atoms with E-state index in [4.69, 9.17) is 23.7 Å². The number of ether oxygens (including phenoxy) is 5. The van der Waals surface area contributed by atoms with Crippen LogP contribution in [0.3, 0.4) is 0 Å². The summed E-state index contributed by atoms with van der Waals surface area (Å²) < 4.78 is 30.5. The van der Waals surface area contributed by atoms with E-state index in [1.807, 2.05) is 24.1 Å². The summed E-state index contributed by atoms with van der Waals surface area (Å²) in [5, 5.41) is 4.14. The van der Waals surface area contributed by atoms with Crippen LogP contribution in [0.1, 0.15) is 0 Å². The Hall–Kier alpha value is -2.62. The second kappa shape index (κ2) is 11.7. The minimum absolute atomic E-state index is 0.115. The standard InChI is InChI=1S/C22H25N3O8Te/c1-25-15-12-16-17(33-11-9-31-7-5-29-4-6-30-8-10-32-16)13-18(15)34-19(25)3-2-14-20(26)23-22(28)24-21(14)27/h2-3,12-13H,4-11H2,1H3,(H2,23,24,26,27,28)/b19-3+. The first kappa shape index (κ1) is 24.5. The topological polar surface area (TPSA) is 125 Å². The van der Waals surface area contributed by atoms with Crippen molar-refractivity contribution in [3.8, 4) is 11.5 Å². The predicted molar refractivity (Wildman–Crippen MR) is 122 cm³/mol. The van der Waals surface area contributed by atoms with Crippen LogP contribution in [0, 0.1) is 0 Å². The molecule has 0 atom stereocenters. The van der Waals surface area contributed by atoms with Gasteiger partial charge in [0.2, 0.25) is 0 Å². The number of nitrogens with one attached hydrogen (secondary N) is 2. The minimum atomic E-state index is -0.827. The Kier molecular flexibility index (Phi) is 8.42. The molecular weight excluding hydrogens is 562 g/mol. The predicted octanol–water partition coefficient (Wildman–Crippen LogP) is -0.579. The summed E-state index contributed by atoms with van der Waals surface area (Å²) in [6.07, 6.45) is 3.19. The van der Waals surface area contributed by atoms with Crippen LogP contribution in [0.15, 0.2) is 33.6 Å². The van der Waals surface area contributed by atoms with E-state index in [2.05, 4.69) is 10.6 Å². The molecule has 1 fully saturated rings. The first-order valence-electron chi connectivity index (χ1n) is 10.7. The van der Waals surface area contributed by atoms with Crippen molar-refractivity contribution in [1.82, 2.24) is 10.6 Å². The number of urea groups is 1. The van der Waals surface area contributed by atoms with Crippen molar-refractivity contribution in [3.05, 3.63) is 33.6 Å². The third-order valence-corrected chi connectivity index (χ3v) is 8.31. The van der Waals surface area contributed by atoms with Gasteiger partial charge in [-0.25, -0.2) is 0 Å². The summed E-state index contributed by atoms with van der Waals surface area (Å²) in [5.74, 6) is -0.189. The van der Waals surface area contributed by atoms with Crippen LogP contribution in [0.4, 0.5) is 10.5 Å². The number of anilines is 1. The number of carbonyl (C=O) groups excluding carboxylic acids is 3. The zero-order valence-electron chi connectivity index (χ0n) is 18.6. The molecule has 11 nitrogen and oxygen atoms in total. The molecule has 0 unspecified atom stereocenters. The second-order valence-electron chi connectivity index (χ2n) is 7.28. The van der Waals surface area contributed by atoms with Gasteiger partial charge in [-0.1, -0.05) is 0 Å². The van der Waals surface area contributed by atoms with Gasteiger partial charge in [0.25, 0.3) is 0 Å². The summed E-state index contributed by atoms with van der Waals surface area (Å²) >= 11 is -0.827. The van der Waals surface area contributed by atoms with Gasteiger partial charge in [0.15, 0.2) is 0 Å². The van der Waals surface area contributed by atoms with Crippen molar-refractivity contribution in [2.45, 2.75) is 0 Å². The van der Waals surface area contributed by atoms with Gasteiger partial charge in [-0.2, -0.15) is 0 Å². The van der Waals surface area contributed by atoms with E-state index in [-0.39, 0.29) is 5.57 Å². The number of benzene rings is 1. The molecule has 0 radical (unpaired) electrons. The van der Waals surface area contributed by atoms with Crippen LogP contribution in [0.25, 0.3) is 0 Å². The normalized spacial score (nSPS) is 21.3. The molecule has 3 aliphatic heterocycles. The summed E-state index contributed by atoms with van der Waals surface area (Å²) in [7, 11) is 1.92. The van der Waals surface area contributed by atoms with Gasteiger partial charge < -0.3 is 0 Å². The first-order valence-corrected chi connectivity index (χ1v) is 13.0. The summed E-state index contributed by atoms with van der Waals surface area (Å²) in [6.45, 7) is 3.57. The number of allylic oxidation sites excluding steroid dienone is 2. The molecule has 4 amide bonds. The molecule has 34 heavy (non-hydrogen) atoms. The fourth-order valence-corrected chi connectivity index (χ4v) is 6.32. The zero-order valence-corrected chi connectivity index (χ0v) is 20.9. The molecule has 4 rings (SSSR count). The Morgan fingerprint density at radius 1 is 0.794 bits per heavy atom. The number of imide groups is 2. The monoisotopic (exact) mass is 589 g/mol. The number of fused-ring (bicyclic) bond motifs is 2. The van der Waals surface area contributed by atoms with Crippen LogP contribution in [-0.2, 0) is 23.8 Å². The molecule has 1 saturated heterocycles. The fraction of sp³-hybridized carbons (Fsp3) is 0.409. The number of carbonyl (C=O) groups is 3. The molecule has 0 aromatic heterocycles. The average molecular weight is 587 g/mol. The molecule has 0 aliphatic carbocycles. The molecule has 182 valence electrons. The van der Waals surface area contributed by atoms with E-state index in [1.165, 1.54) is 6.08 Å². The van der Waals surface area contributed by atoms with Gasteiger partial charge in [-0.3, -0.25) is 0 Å². The van der Waals surface area contributed by atoms with Crippen molar-refractivity contribution in [3.63, 3.8) is 0 Å². The number of barbiturate groups is 1. The molecule has 3 heterocycles. The molecule has 0 bridgehead atoms.